The van der Waals surface area contributed by atoms with Crippen LogP contribution < -0.4 is 30.8 Å². The van der Waals surface area contributed by atoms with Gasteiger partial charge in [-0.1, -0.05) is 12.5 Å². The molecule has 0 bridgehead atoms. The molecule has 1 amide bonds. The van der Waals surface area contributed by atoms with Crippen LogP contribution in [0.1, 0.15) is 47.2 Å². The van der Waals surface area contributed by atoms with Gasteiger partial charge in [0.05, 0.1) is 19.2 Å². The van der Waals surface area contributed by atoms with E-state index in [1.165, 1.54) is 23.0 Å². The highest BCUT2D eigenvalue weighted by Crippen LogP contribution is 2.32. The van der Waals surface area contributed by atoms with Crippen molar-refractivity contribution in [1.29, 1.82) is 0 Å². The summed E-state index contributed by atoms with van der Waals surface area (Å²) in [6.45, 7) is 0.999. The summed E-state index contributed by atoms with van der Waals surface area (Å²) in [4.78, 5) is 50.2. The maximum atomic E-state index is 13.5. The largest absolute Gasteiger partial charge is 0.496 e. The van der Waals surface area contributed by atoms with E-state index in [1.807, 2.05) is 18.2 Å². The van der Waals surface area contributed by atoms with Crippen LogP contribution in [0.2, 0.25) is 0 Å². The Labute approximate surface area is 233 Å². The molecular weight excluding hydrogens is 534 g/mol. The first kappa shape index (κ1) is 27.2. The number of amides is 1. The summed E-state index contributed by atoms with van der Waals surface area (Å²) >= 11 is 1.29. The van der Waals surface area contributed by atoms with Crippen LogP contribution in [0.4, 0.5) is 0 Å². The van der Waals surface area contributed by atoms with Gasteiger partial charge >= 0.3 is 5.69 Å². The van der Waals surface area contributed by atoms with Gasteiger partial charge < -0.3 is 19.5 Å². The molecule has 4 aromatic rings. The minimum atomic E-state index is -0.420. The fourth-order valence-electron chi connectivity index (χ4n) is 4.72. The van der Waals surface area contributed by atoms with Gasteiger partial charge in [0.25, 0.3) is 5.56 Å². The predicted octanol–water partition coefficient (Wildman–Crippen LogP) is 3.70. The number of aromatic nitrogens is 2. The summed E-state index contributed by atoms with van der Waals surface area (Å²) in [5.74, 6) is 1.86. The number of methoxy groups -OCH3 is 1. The molecule has 10 nitrogen and oxygen atoms in total. The second-order valence-electron chi connectivity index (χ2n) is 9.42. The van der Waals surface area contributed by atoms with Crippen molar-refractivity contribution < 1.29 is 23.8 Å². The van der Waals surface area contributed by atoms with E-state index in [2.05, 4.69) is 5.32 Å². The molecule has 0 unspecified atom stereocenters. The lowest BCUT2D eigenvalue weighted by molar-refractivity contribution is -0.121. The number of hydrogen-bond acceptors (Lipinski definition) is 8. The van der Waals surface area contributed by atoms with Gasteiger partial charge in [0.1, 0.15) is 16.7 Å². The lowest BCUT2D eigenvalue weighted by Crippen LogP contribution is -2.39. The zero-order chi connectivity index (χ0) is 28.1. The van der Waals surface area contributed by atoms with Gasteiger partial charge in [-0.3, -0.25) is 23.5 Å². The standard InChI is InChI=1S/C29H29N3O7S/c1-37-23-8-7-20(17-33)13-21(23)16-32-22-10-12-40-27(22)28(35)31(29(32)36)11-4-2-3-5-26(34)30-15-19-6-9-24-25(14-19)39-18-38-24/h6-10,12-14,17H,2-5,11,15-16,18H2,1H3,(H,30,34). The summed E-state index contributed by atoms with van der Waals surface area (Å²) in [5, 5.41) is 4.69. The molecule has 0 atom stereocenters. The molecule has 1 aliphatic rings. The number of carbonyl (C=O) groups is 2. The van der Waals surface area contributed by atoms with Crippen LogP contribution in [0.25, 0.3) is 10.2 Å². The van der Waals surface area contributed by atoms with E-state index in [0.29, 0.717) is 70.8 Å². The van der Waals surface area contributed by atoms with Crippen LogP contribution in [0.15, 0.2) is 57.4 Å². The van der Waals surface area contributed by atoms with Crippen LogP contribution in [-0.2, 0) is 24.4 Å². The summed E-state index contributed by atoms with van der Waals surface area (Å²) in [5.41, 5.74) is 1.87. The SMILES string of the molecule is COc1ccc(C=O)cc1Cn1c(=O)n(CCCCCC(=O)NCc2ccc3c(c2)OCO3)c(=O)c2sccc21. The van der Waals surface area contributed by atoms with Crippen LogP contribution in [-0.4, -0.2) is 35.2 Å². The smallest absolute Gasteiger partial charge is 0.331 e. The van der Waals surface area contributed by atoms with Gasteiger partial charge in [-0.25, -0.2) is 4.79 Å². The molecule has 2 aromatic carbocycles. The Kier molecular flexibility index (Phi) is 8.30. The summed E-state index contributed by atoms with van der Waals surface area (Å²) in [6, 6.07) is 12.3. The first-order chi connectivity index (χ1) is 19.5. The van der Waals surface area contributed by atoms with Crippen molar-refractivity contribution in [2.24, 2.45) is 0 Å². The van der Waals surface area contributed by atoms with E-state index >= 15 is 0 Å². The van der Waals surface area contributed by atoms with Gasteiger partial charge in [0.15, 0.2) is 11.5 Å². The third kappa shape index (κ3) is 5.79. The second kappa shape index (κ2) is 12.2. The number of ether oxygens (including phenoxy) is 3. The number of carbonyl (C=O) groups excluding carboxylic acids is 2. The van der Waals surface area contributed by atoms with E-state index in [1.54, 1.807) is 34.2 Å². The number of nitrogens with zero attached hydrogens (tertiary/aromatic N) is 2. The Balaban J connectivity index is 1.20. The topological polar surface area (TPSA) is 118 Å². The Bertz CT molecular complexity index is 1670. The molecule has 0 saturated heterocycles. The molecule has 40 heavy (non-hydrogen) atoms. The maximum Gasteiger partial charge on any atom is 0.331 e. The number of aldehydes is 1. The number of hydrogen-bond donors (Lipinski definition) is 1. The van der Waals surface area contributed by atoms with E-state index in [9.17, 15) is 19.2 Å². The maximum absolute atomic E-state index is 13.5. The normalized spacial score (nSPS) is 12.0. The van der Waals surface area contributed by atoms with Gasteiger partial charge in [0, 0.05) is 30.6 Å². The highest BCUT2D eigenvalue weighted by molar-refractivity contribution is 7.17. The first-order valence-corrected chi connectivity index (χ1v) is 13.8. The quantitative estimate of drug-likeness (QED) is 0.206. The zero-order valence-electron chi connectivity index (χ0n) is 22.0. The Hall–Kier alpha value is -4.38. The van der Waals surface area contributed by atoms with Crippen molar-refractivity contribution >= 4 is 33.7 Å². The van der Waals surface area contributed by atoms with Gasteiger partial charge in [0.2, 0.25) is 12.7 Å². The van der Waals surface area contributed by atoms with E-state index in [0.717, 1.165) is 11.8 Å². The molecule has 2 aromatic heterocycles. The predicted molar refractivity (Wildman–Crippen MR) is 151 cm³/mol. The minimum absolute atomic E-state index is 0.0660. The minimum Gasteiger partial charge on any atom is -0.496 e. The lowest BCUT2D eigenvalue weighted by Gasteiger charge is -2.14. The number of thiophene rings is 1. The van der Waals surface area contributed by atoms with Crippen molar-refractivity contribution in [3.63, 3.8) is 0 Å². The van der Waals surface area contributed by atoms with Crippen LogP contribution >= 0.6 is 11.3 Å². The van der Waals surface area contributed by atoms with Gasteiger partial charge in [-0.15, -0.1) is 11.3 Å². The molecule has 5 rings (SSSR count). The fourth-order valence-corrected chi connectivity index (χ4v) is 5.56. The van der Waals surface area contributed by atoms with Crippen LogP contribution in [0.5, 0.6) is 17.2 Å². The fraction of sp³-hybridized carbons (Fsp3) is 0.310. The molecule has 0 fully saturated rings. The van der Waals surface area contributed by atoms with Crippen molar-refractivity contribution in [2.75, 3.05) is 13.9 Å². The Morgan fingerprint density at radius 2 is 1.90 bits per heavy atom. The van der Waals surface area contributed by atoms with Crippen LogP contribution in [0.3, 0.4) is 0 Å². The second-order valence-corrected chi connectivity index (χ2v) is 10.3. The third-order valence-corrected chi connectivity index (χ3v) is 7.71. The number of nitrogens with one attached hydrogen (secondary N) is 1. The molecule has 1 aliphatic heterocycles. The third-order valence-electron chi connectivity index (χ3n) is 6.82. The molecule has 11 heteroatoms. The number of fused-ring (bicyclic) bond motifs is 2. The van der Waals surface area contributed by atoms with Crippen molar-refractivity contribution in [2.45, 2.75) is 45.3 Å². The zero-order valence-corrected chi connectivity index (χ0v) is 22.8. The first-order valence-electron chi connectivity index (χ1n) is 13.0. The van der Waals surface area contributed by atoms with Crippen molar-refractivity contribution in [3.05, 3.63) is 85.4 Å². The monoisotopic (exact) mass is 563 g/mol. The molecular formula is C29H29N3O7S. The van der Waals surface area contributed by atoms with Gasteiger partial charge in [-0.05, 0) is 60.2 Å². The Morgan fingerprint density at radius 3 is 2.73 bits per heavy atom. The molecule has 0 radical (unpaired) electrons. The van der Waals surface area contributed by atoms with E-state index in [-0.39, 0.29) is 31.3 Å². The van der Waals surface area contributed by atoms with Crippen molar-refractivity contribution in [1.82, 2.24) is 14.5 Å². The van der Waals surface area contributed by atoms with Crippen LogP contribution in [0, 0.1) is 0 Å². The Morgan fingerprint density at radius 1 is 1.05 bits per heavy atom. The molecule has 0 saturated carbocycles. The average molecular weight is 564 g/mol. The number of rotatable bonds is 12. The van der Waals surface area contributed by atoms with Gasteiger partial charge in [-0.2, -0.15) is 0 Å². The summed E-state index contributed by atoms with van der Waals surface area (Å²) in [6.07, 6.45) is 2.98. The van der Waals surface area contributed by atoms with E-state index < -0.39 is 5.69 Å². The average Bonchev–Trinajstić information content (AvgIpc) is 3.65. The molecule has 0 aliphatic carbocycles. The lowest BCUT2D eigenvalue weighted by atomic mass is 10.1. The number of benzene rings is 2. The summed E-state index contributed by atoms with van der Waals surface area (Å²) in [7, 11) is 1.53. The van der Waals surface area contributed by atoms with Crippen molar-refractivity contribution in [3.8, 4) is 17.2 Å². The molecule has 0 spiro atoms. The highest BCUT2D eigenvalue weighted by atomic mass is 32.1. The molecule has 1 N–H and O–H groups in total. The summed E-state index contributed by atoms with van der Waals surface area (Å²) < 4.78 is 19.4. The van der Waals surface area contributed by atoms with E-state index in [4.69, 9.17) is 14.2 Å². The number of unbranched alkanes of at least 4 members (excludes halogenated alkanes) is 2. The molecule has 3 heterocycles. The highest BCUT2D eigenvalue weighted by Gasteiger charge is 2.17. The molecule has 208 valence electrons.